The Morgan fingerprint density at radius 2 is 1.71 bits per heavy atom. The fourth-order valence-electron chi connectivity index (χ4n) is 3.66. The number of hydrogen-bond acceptors (Lipinski definition) is 4. The normalized spacial score (nSPS) is 11.1. The summed E-state index contributed by atoms with van der Waals surface area (Å²) in [5, 5.41) is 0.673. The number of thioether (sulfide) groups is 1. The fraction of sp³-hybridized carbons (Fsp3) is 0.192. The molecule has 34 heavy (non-hydrogen) atoms. The summed E-state index contributed by atoms with van der Waals surface area (Å²) in [6, 6.07) is 16.6. The predicted molar refractivity (Wildman–Crippen MR) is 131 cm³/mol. The van der Waals surface area contributed by atoms with Crippen molar-refractivity contribution in [3.63, 3.8) is 0 Å². The first-order chi connectivity index (χ1) is 16.4. The first-order valence-corrected chi connectivity index (χ1v) is 11.9. The second-order valence-corrected chi connectivity index (χ2v) is 8.58. The van der Waals surface area contributed by atoms with Crippen LogP contribution in [0.1, 0.15) is 29.8 Å². The van der Waals surface area contributed by atoms with Crippen LogP contribution < -0.4 is 5.56 Å². The van der Waals surface area contributed by atoms with Gasteiger partial charge in [-0.05, 0) is 67.9 Å². The quantitative estimate of drug-likeness (QED) is 0.262. The van der Waals surface area contributed by atoms with Gasteiger partial charge < -0.3 is 4.90 Å². The molecule has 1 heterocycles. The average molecular weight is 480 g/mol. The lowest BCUT2D eigenvalue weighted by molar-refractivity contribution is 0.0773. The molecule has 5 nitrogen and oxygen atoms in total. The molecule has 0 spiro atoms. The number of halogens is 2. The van der Waals surface area contributed by atoms with Crippen molar-refractivity contribution in [1.29, 1.82) is 0 Å². The van der Waals surface area contributed by atoms with E-state index in [1.807, 2.05) is 13.8 Å². The van der Waals surface area contributed by atoms with Gasteiger partial charge in [0, 0.05) is 24.4 Å². The van der Waals surface area contributed by atoms with Gasteiger partial charge in [0.15, 0.2) is 5.16 Å². The third-order valence-corrected chi connectivity index (χ3v) is 6.49. The number of rotatable bonds is 7. The predicted octanol–water partition coefficient (Wildman–Crippen LogP) is 5.44. The van der Waals surface area contributed by atoms with Gasteiger partial charge in [-0.1, -0.05) is 30.0 Å². The molecule has 0 aliphatic rings. The average Bonchev–Trinajstić information content (AvgIpc) is 2.84. The van der Waals surface area contributed by atoms with Crippen molar-refractivity contribution in [3.8, 4) is 5.69 Å². The van der Waals surface area contributed by atoms with Crippen molar-refractivity contribution in [2.24, 2.45) is 0 Å². The van der Waals surface area contributed by atoms with Crippen LogP contribution in [0.4, 0.5) is 8.78 Å². The van der Waals surface area contributed by atoms with Gasteiger partial charge in [-0.2, -0.15) is 0 Å². The molecule has 0 aliphatic heterocycles. The smallest absolute Gasteiger partial charge is 0.266 e. The molecule has 0 radical (unpaired) electrons. The first kappa shape index (κ1) is 23.6. The van der Waals surface area contributed by atoms with Crippen LogP contribution in [0.5, 0.6) is 0 Å². The van der Waals surface area contributed by atoms with Gasteiger partial charge in [-0.25, -0.2) is 13.8 Å². The first-order valence-electron chi connectivity index (χ1n) is 10.9. The third-order valence-electron chi connectivity index (χ3n) is 5.48. The SMILES string of the molecule is CCN(CC)C(=O)c1ccc2c(=O)n(-c3cccc(F)c3)c(SCc3ccc(F)cc3)nc2c1. The summed E-state index contributed by atoms with van der Waals surface area (Å²) >= 11 is 1.28. The maximum Gasteiger partial charge on any atom is 0.266 e. The van der Waals surface area contributed by atoms with Gasteiger partial charge in [0.2, 0.25) is 0 Å². The van der Waals surface area contributed by atoms with Gasteiger partial charge in [-0.15, -0.1) is 0 Å². The van der Waals surface area contributed by atoms with Crippen molar-refractivity contribution in [2.45, 2.75) is 24.8 Å². The number of hydrogen-bond donors (Lipinski definition) is 0. The number of amides is 1. The number of aromatic nitrogens is 2. The Morgan fingerprint density at radius 3 is 2.38 bits per heavy atom. The zero-order valence-corrected chi connectivity index (χ0v) is 19.6. The largest absolute Gasteiger partial charge is 0.339 e. The summed E-state index contributed by atoms with van der Waals surface area (Å²) in [7, 11) is 0. The van der Waals surface area contributed by atoms with E-state index in [1.165, 1.54) is 46.7 Å². The standard InChI is InChI=1S/C26H23F2N3O2S/c1-3-30(4-2)24(32)18-10-13-22-23(14-18)29-26(34-16-17-8-11-19(27)12-9-17)31(25(22)33)21-7-5-6-20(28)15-21/h5-15H,3-4,16H2,1-2H3. The van der Waals surface area contributed by atoms with Crippen LogP contribution in [0.25, 0.3) is 16.6 Å². The lowest BCUT2D eigenvalue weighted by Crippen LogP contribution is -2.30. The molecule has 1 aromatic heterocycles. The summed E-state index contributed by atoms with van der Waals surface area (Å²) in [5.41, 5.74) is 1.67. The Kier molecular flexibility index (Phi) is 7.07. The lowest BCUT2D eigenvalue weighted by atomic mass is 10.1. The van der Waals surface area contributed by atoms with Crippen LogP contribution in [-0.4, -0.2) is 33.4 Å². The Labute approximate surface area is 200 Å². The van der Waals surface area contributed by atoms with Crippen LogP contribution in [0.2, 0.25) is 0 Å². The molecule has 0 N–H and O–H groups in total. The molecule has 0 aliphatic carbocycles. The van der Waals surface area contributed by atoms with E-state index in [0.29, 0.717) is 46.2 Å². The fourth-order valence-corrected chi connectivity index (χ4v) is 4.63. The molecular formula is C26H23F2N3O2S. The molecule has 0 bridgehead atoms. The van der Waals surface area contributed by atoms with Crippen molar-refractivity contribution in [2.75, 3.05) is 13.1 Å². The number of nitrogens with zero attached hydrogens (tertiary/aromatic N) is 3. The van der Waals surface area contributed by atoms with Crippen LogP contribution in [-0.2, 0) is 5.75 Å². The van der Waals surface area contributed by atoms with Crippen molar-refractivity contribution in [1.82, 2.24) is 14.5 Å². The van der Waals surface area contributed by atoms with Crippen molar-refractivity contribution < 1.29 is 13.6 Å². The minimum atomic E-state index is -0.473. The Bertz CT molecular complexity index is 1400. The molecule has 0 atom stereocenters. The van der Waals surface area contributed by atoms with E-state index in [4.69, 9.17) is 0 Å². The molecule has 4 aromatic rings. The monoisotopic (exact) mass is 479 g/mol. The topological polar surface area (TPSA) is 55.2 Å². The van der Waals surface area contributed by atoms with E-state index < -0.39 is 5.82 Å². The summed E-state index contributed by atoms with van der Waals surface area (Å²) in [6.45, 7) is 4.95. The number of carbonyl (C=O) groups is 1. The molecule has 1 amide bonds. The minimum Gasteiger partial charge on any atom is -0.339 e. The lowest BCUT2D eigenvalue weighted by Gasteiger charge is -2.19. The molecule has 0 unspecified atom stereocenters. The molecule has 3 aromatic carbocycles. The highest BCUT2D eigenvalue weighted by Gasteiger charge is 2.18. The highest BCUT2D eigenvalue weighted by atomic mass is 32.2. The van der Waals surface area contributed by atoms with Crippen molar-refractivity contribution >= 4 is 28.6 Å². The van der Waals surface area contributed by atoms with E-state index in [2.05, 4.69) is 4.98 Å². The number of fused-ring (bicyclic) bond motifs is 1. The molecule has 174 valence electrons. The van der Waals surface area contributed by atoms with Gasteiger partial charge in [0.05, 0.1) is 16.6 Å². The summed E-state index contributed by atoms with van der Waals surface area (Å²) in [6.07, 6.45) is 0. The van der Waals surface area contributed by atoms with Crippen LogP contribution in [0.3, 0.4) is 0 Å². The Balaban J connectivity index is 1.84. The van der Waals surface area contributed by atoms with E-state index in [0.717, 1.165) is 5.56 Å². The van der Waals surface area contributed by atoms with Gasteiger partial charge in [0.25, 0.3) is 11.5 Å². The molecule has 0 fully saturated rings. The maximum absolute atomic E-state index is 14.0. The number of benzene rings is 3. The van der Waals surface area contributed by atoms with E-state index in [9.17, 15) is 18.4 Å². The Morgan fingerprint density at radius 1 is 0.971 bits per heavy atom. The zero-order chi connectivity index (χ0) is 24.2. The van der Waals surface area contributed by atoms with E-state index in [1.54, 1.807) is 41.3 Å². The number of carbonyl (C=O) groups excluding carboxylic acids is 1. The van der Waals surface area contributed by atoms with E-state index in [-0.39, 0.29) is 17.3 Å². The zero-order valence-electron chi connectivity index (χ0n) is 18.8. The highest BCUT2D eigenvalue weighted by Crippen LogP contribution is 2.26. The third kappa shape index (κ3) is 4.87. The summed E-state index contributed by atoms with van der Waals surface area (Å²) in [5.74, 6) is -0.520. The second-order valence-electron chi connectivity index (χ2n) is 7.64. The maximum atomic E-state index is 14.0. The van der Waals surface area contributed by atoms with E-state index >= 15 is 0 Å². The molecular weight excluding hydrogens is 456 g/mol. The van der Waals surface area contributed by atoms with Gasteiger partial charge >= 0.3 is 0 Å². The summed E-state index contributed by atoms with van der Waals surface area (Å²) in [4.78, 5) is 32.7. The van der Waals surface area contributed by atoms with Crippen LogP contribution >= 0.6 is 11.8 Å². The summed E-state index contributed by atoms with van der Waals surface area (Å²) < 4.78 is 28.6. The molecule has 0 saturated heterocycles. The highest BCUT2D eigenvalue weighted by molar-refractivity contribution is 7.98. The van der Waals surface area contributed by atoms with Crippen molar-refractivity contribution in [3.05, 3.63) is 99.8 Å². The minimum absolute atomic E-state index is 0.136. The van der Waals surface area contributed by atoms with Gasteiger partial charge in [-0.3, -0.25) is 14.2 Å². The molecule has 4 rings (SSSR count). The Hall–Kier alpha value is -3.52. The molecule has 8 heteroatoms. The van der Waals surface area contributed by atoms with Crippen LogP contribution in [0, 0.1) is 11.6 Å². The van der Waals surface area contributed by atoms with Crippen LogP contribution in [0.15, 0.2) is 76.7 Å². The van der Waals surface area contributed by atoms with Gasteiger partial charge in [0.1, 0.15) is 11.6 Å². The second kappa shape index (κ2) is 10.2. The molecule has 0 saturated carbocycles.